The molecule has 0 saturated carbocycles. The van der Waals surface area contributed by atoms with E-state index in [0.29, 0.717) is 11.0 Å². The van der Waals surface area contributed by atoms with Gasteiger partial charge in [-0.1, -0.05) is 42.1 Å². The van der Waals surface area contributed by atoms with Gasteiger partial charge in [0.2, 0.25) is 5.91 Å². The smallest absolute Gasteiger partial charge is 0.237 e. The third-order valence-corrected chi connectivity index (χ3v) is 5.98. The second kappa shape index (κ2) is 9.70. The van der Waals surface area contributed by atoms with E-state index in [1.807, 2.05) is 97.3 Å². The number of carbonyl (C=O) groups is 1. The highest BCUT2D eigenvalue weighted by molar-refractivity contribution is 8.00. The molecule has 0 fully saturated rings. The SMILES string of the molecule is COc1ccc(-c2nnc(SC(C)C(=O)Nc3cccc(C)c3)n2-c2ccccc2)cc1. The summed E-state index contributed by atoms with van der Waals surface area (Å²) < 4.78 is 7.24. The Balaban J connectivity index is 1.63. The zero-order valence-electron chi connectivity index (χ0n) is 18.1. The molecule has 0 aliphatic rings. The van der Waals surface area contributed by atoms with Crippen molar-refractivity contribution >= 4 is 23.4 Å². The molecular weight excluding hydrogens is 420 g/mol. The van der Waals surface area contributed by atoms with E-state index in [4.69, 9.17) is 4.74 Å². The number of aryl methyl sites for hydroxylation is 1. The van der Waals surface area contributed by atoms with Gasteiger partial charge >= 0.3 is 0 Å². The van der Waals surface area contributed by atoms with Crippen molar-refractivity contribution in [2.75, 3.05) is 12.4 Å². The van der Waals surface area contributed by atoms with Gasteiger partial charge < -0.3 is 10.1 Å². The molecule has 0 bridgehead atoms. The minimum atomic E-state index is -0.370. The number of benzene rings is 3. The molecule has 1 atom stereocenters. The Labute approximate surface area is 191 Å². The normalized spacial score (nSPS) is 11.7. The molecule has 32 heavy (non-hydrogen) atoms. The van der Waals surface area contributed by atoms with Crippen LogP contribution in [0.2, 0.25) is 0 Å². The van der Waals surface area contributed by atoms with E-state index in [-0.39, 0.29) is 11.2 Å². The first-order valence-corrected chi connectivity index (χ1v) is 11.1. The van der Waals surface area contributed by atoms with Gasteiger partial charge in [0, 0.05) is 16.9 Å². The lowest BCUT2D eigenvalue weighted by Crippen LogP contribution is -2.23. The topological polar surface area (TPSA) is 69.0 Å². The van der Waals surface area contributed by atoms with Crippen molar-refractivity contribution in [3.63, 3.8) is 0 Å². The molecule has 4 rings (SSSR count). The number of hydrogen-bond acceptors (Lipinski definition) is 5. The highest BCUT2D eigenvalue weighted by atomic mass is 32.2. The van der Waals surface area contributed by atoms with Crippen LogP contribution in [-0.2, 0) is 4.79 Å². The van der Waals surface area contributed by atoms with Gasteiger partial charge in [-0.3, -0.25) is 9.36 Å². The summed E-state index contributed by atoms with van der Waals surface area (Å²) in [4.78, 5) is 12.8. The van der Waals surface area contributed by atoms with Crippen molar-refractivity contribution in [2.45, 2.75) is 24.3 Å². The summed E-state index contributed by atoms with van der Waals surface area (Å²) in [6, 6.07) is 25.3. The monoisotopic (exact) mass is 444 g/mol. The van der Waals surface area contributed by atoms with Crippen molar-refractivity contribution < 1.29 is 9.53 Å². The summed E-state index contributed by atoms with van der Waals surface area (Å²) in [5.41, 5.74) is 3.71. The van der Waals surface area contributed by atoms with Gasteiger partial charge in [0.05, 0.1) is 12.4 Å². The molecule has 1 unspecified atom stereocenters. The van der Waals surface area contributed by atoms with Crippen LogP contribution < -0.4 is 10.1 Å². The maximum Gasteiger partial charge on any atom is 0.237 e. The Kier molecular flexibility index (Phi) is 6.56. The minimum absolute atomic E-state index is 0.0887. The molecule has 0 aliphatic heterocycles. The summed E-state index contributed by atoms with van der Waals surface area (Å²) in [7, 11) is 1.64. The standard InChI is InChI=1S/C25H24N4O2S/c1-17-8-7-9-20(16-17)26-24(30)18(2)32-25-28-27-23(19-12-14-22(31-3)15-13-19)29(25)21-10-5-4-6-11-21/h4-16,18H,1-3H3,(H,26,30). The highest BCUT2D eigenvalue weighted by Crippen LogP contribution is 2.31. The third kappa shape index (κ3) is 4.84. The number of nitrogens with one attached hydrogen (secondary N) is 1. The van der Waals surface area contributed by atoms with Gasteiger partial charge in [0.25, 0.3) is 0 Å². The average Bonchev–Trinajstić information content (AvgIpc) is 3.23. The number of ether oxygens (including phenoxy) is 1. The van der Waals surface area contributed by atoms with Gasteiger partial charge in [-0.05, 0) is 67.9 Å². The van der Waals surface area contributed by atoms with E-state index >= 15 is 0 Å². The number of thioether (sulfide) groups is 1. The zero-order valence-corrected chi connectivity index (χ0v) is 19.0. The molecule has 1 amide bonds. The minimum Gasteiger partial charge on any atom is -0.497 e. The van der Waals surface area contributed by atoms with Gasteiger partial charge in [0.1, 0.15) is 5.75 Å². The second-order valence-electron chi connectivity index (χ2n) is 7.32. The number of para-hydroxylation sites is 1. The molecule has 1 heterocycles. The molecular formula is C25H24N4O2S. The molecule has 4 aromatic rings. The fourth-order valence-corrected chi connectivity index (χ4v) is 4.13. The summed E-state index contributed by atoms with van der Waals surface area (Å²) in [5.74, 6) is 1.39. The van der Waals surface area contributed by atoms with Crippen molar-refractivity contribution in [1.29, 1.82) is 0 Å². The summed E-state index contributed by atoms with van der Waals surface area (Å²) in [5, 5.41) is 12.1. The van der Waals surface area contributed by atoms with Crippen LogP contribution in [0, 0.1) is 6.92 Å². The van der Waals surface area contributed by atoms with Crippen molar-refractivity contribution in [2.24, 2.45) is 0 Å². The largest absolute Gasteiger partial charge is 0.497 e. The molecule has 0 saturated heterocycles. The van der Waals surface area contributed by atoms with Crippen molar-refractivity contribution in [3.8, 4) is 22.8 Å². The van der Waals surface area contributed by atoms with Gasteiger partial charge in [-0.15, -0.1) is 10.2 Å². The van der Waals surface area contributed by atoms with Crippen LogP contribution in [-0.4, -0.2) is 33.0 Å². The second-order valence-corrected chi connectivity index (χ2v) is 8.63. The summed E-state index contributed by atoms with van der Waals surface area (Å²) >= 11 is 1.37. The molecule has 3 aromatic carbocycles. The predicted molar refractivity (Wildman–Crippen MR) is 128 cm³/mol. The number of hydrogen-bond donors (Lipinski definition) is 1. The zero-order chi connectivity index (χ0) is 22.5. The maximum atomic E-state index is 12.8. The number of aromatic nitrogens is 3. The average molecular weight is 445 g/mol. The van der Waals surface area contributed by atoms with E-state index in [1.54, 1.807) is 7.11 Å². The van der Waals surface area contributed by atoms with Crippen molar-refractivity contribution in [1.82, 2.24) is 14.8 Å². The molecule has 162 valence electrons. The summed E-state index contributed by atoms with van der Waals surface area (Å²) in [6.07, 6.45) is 0. The van der Waals surface area contributed by atoms with E-state index in [9.17, 15) is 4.79 Å². The molecule has 0 radical (unpaired) electrons. The van der Waals surface area contributed by atoms with Crippen LogP contribution in [0.15, 0.2) is 84.0 Å². The Bertz CT molecular complexity index is 1210. The fourth-order valence-electron chi connectivity index (χ4n) is 3.26. The fraction of sp³-hybridized carbons (Fsp3) is 0.160. The molecule has 0 spiro atoms. The van der Waals surface area contributed by atoms with E-state index in [0.717, 1.165) is 28.3 Å². The van der Waals surface area contributed by atoms with Gasteiger partial charge in [0.15, 0.2) is 11.0 Å². The highest BCUT2D eigenvalue weighted by Gasteiger charge is 2.22. The van der Waals surface area contributed by atoms with Gasteiger partial charge in [-0.2, -0.15) is 0 Å². The number of amides is 1. The predicted octanol–water partition coefficient (Wildman–Crippen LogP) is 5.37. The number of rotatable bonds is 7. The van der Waals surface area contributed by atoms with Crippen LogP contribution in [0.5, 0.6) is 5.75 Å². The number of methoxy groups -OCH3 is 1. The molecule has 6 nitrogen and oxygen atoms in total. The Hall–Kier alpha value is -3.58. The maximum absolute atomic E-state index is 12.8. The molecule has 7 heteroatoms. The van der Waals surface area contributed by atoms with Crippen LogP contribution >= 0.6 is 11.8 Å². The first-order valence-electron chi connectivity index (χ1n) is 10.2. The van der Waals surface area contributed by atoms with E-state index < -0.39 is 0 Å². The molecule has 0 aliphatic carbocycles. The first-order chi connectivity index (χ1) is 15.5. The van der Waals surface area contributed by atoms with Crippen LogP contribution in [0.3, 0.4) is 0 Å². The van der Waals surface area contributed by atoms with Gasteiger partial charge in [-0.25, -0.2) is 0 Å². The molecule has 1 N–H and O–H groups in total. The lowest BCUT2D eigenvalue weighted by molar-refractivity contribution is -0.115. The Morgan fingerprint density at radius 3 is 2.44 bits per heavy atom. The summed E-state index contributed by atoms with van der Waals surface area (Å²) in [6.45, 7) is 3.86. The van der Waals surface area contributed by atoms with Crippen LogP contribution in [0.25, 0.3) is 17.1 Å². The quantitative estimate of drug-likeness (QED) is 0.388. The third-order valence-electron chi connectivity index (χ3n) is 4.93. The Morgan fingerprint density at radius 2 is 1.75 bits per heavy atom. The van der Waals surface area contributed by atoms with Crippen LogP contribution in [0.1, 0.15) is 12.5 Å². The first kappa shape index (κ1) is 21.6. The number of anilines is 1. The lowest BCUT2D eigenvalue weighted by Gasteiger charge is -2.14. The van der Waals surface area contributed by atoms with E-state index in [2.05, 4.69) is 15.5 Å². The number of nitrogens with zero attached hydrogens (tertiary/aromatic N) is 3. The lowest BCUT2D eigenvalue weighted by atomic mass is 10.2. The molecule has 1 aromatic heterocycles. The van der Waals surface area contributed by atoms with Crippen molar-refractivity contribution in [3.05, 3.63) is 84.4 Å². The number of carbonyl (C=O) groups excluding carboxylic acids is 1. The van der Waals surface area contributed by atoms with Crippen LogP contribution in [0.4, 0.5) is 5.69 Å². The Morgan fingerprint density at radius 1 is 1.00 bits per heavy atom. The van der Waals surface area contributed by atoms with E-state index in [1.165, 1.54) is 11.8 Å².